The minimum atomic E-state index is -2.14. The minimum absolute atomic E-state index is 0.0348. The van der Waals surface area contributed by atoms with E-state index in [1.165, 1.54) is 29.0 Å². The SMILES string of the molecule is COc1cc(C)c(F)c(N(CCO[Si](C)(C)C(C)(C)C)c2ccc3ncn(-c4cnn(C)c4)c(=O)c3c2)c1F. The Bertz CT molecular complexity index is 1580. The molecule has 0 saturated carbocycles. The van der Waals surface area contributed by atoms with Crippen molar-refractivity contribution in [1.82, 2.24) is 19.3 Å². The van der Waals surface area contributed by atoms with Gasteiger partial charge in [-0.05, 0) is 54.9 Å². The van der Waals surface area contributed by atoms with Crippen LogP contribution in [0.2, 0.25) is 18.1 Å². The van der Waals surface area contributed by atoms with Crippen molar-refractivity contribution in [1.29, 1.82) is 0 Å². The molecule has 8 nitrogen and oxygen atoms in total. The second kappa shape index (κ2) is 10.5. The van der Waals surface area contributed by atoms with E-state index in [0.29, 0.717) is 22.3 Å². The fraction of sp³-hybridized carbons (Fsp3) is 0.393. The molecule has 4 rings (SSSR count). The number of aryl methyl sites for hydroxylation is 2. The number of nitrogens with zero attached hydrogens (tertiary/aromatic N) is 5. The second-order valence-electron chi connectivity index (χ2n) is 11.1. The molecule has 0 atom stereocenters. The number of methoxy groups -OCH3 is 1. The highest BCUT2D eigenvalue weighted by Crippen LogP contribution is 2.39. The van der Waals surface area contributed by atoms with Crippen LogP contribution < -0.4 is 15.2 Å². The largest absolute Gasteiger partial charge is 0.494 e. The zero-order valence-electron chi connectivity index (χ0n) is 23.7. The van der Waals surface area contributed by atoms with E-state index in [4.69, 9.17) is 9.16 Å². The lowest BCUT2D eigenvalue weighted by molar-refractivity contribution is 0.296. The molecule has 0 amide bonds. The summed E-state index contributed by atoms with van der Waals surface area (Å²) < 4.78 is 45.8. The number of hydrogen-bond donors (Lipinski definition) is 0. The van der Waals surface area contributed by atoms with Gasteiger partial charge in [-0.1, -0.05) is 20.8 Å². The Morgan fingerprint density at radius 3 is 2.46 bits per heavy atom. The number of ether oxygens (including phenoxy) is 1. The quantitative estimate of drug-likeness (QED) is 0.253. The monoisotopic (exact) mass is 555 g/mol. The number of hydrogen-bond acceptors (Lipinski definition) is 6. The number of aromatic nitrogens is 4. The number of halogens is 2. The van der Waals surface area contributed by atoms with Gasteiger partial charge in [-0.2, -0.15) is 5.10 Å². The van der Waals surface area contributed by atoms with Crippen molar-refractivity contribution in [2.24, 2.45) is 7.05 Å². The van der Waals surface area contributed by atoms with Gasteiger partial charge < -0.3 is 14.1 Å². The Morgan fingerprint density at radius 2 is 1.85 bits per heavy atom. The maximum absolute atomic E-state index is 15.7. The predicted molar refractivity (Wildman–Crippen MR) is 152 cm³/mol. The molecule has 0 spiro atoms. The van der Waals surface area contributed by atoms with Crippen LogP contribution >= 0.6 is 0 Å². The molecular weight excluding hydrogens is 520 g/mol. The Morgan fingerprint density at radius 1 is 1.13 bits per heavy atom. The van der Waals surface area contributed by atoms with Crippen LogP contribution in [-0.2, 0) is 11.5 Å². The van der Waals surface area contributed by atoms with Gasteiger partial charge in [0.25, 0.3) is 5.56 Å². The van der Waals surface area contributed by atoms with E-state index < -0.39 is 20.0 Å². The fourth-order valence-electron chi connectivity index (χ4n) is 4.08. The van der Waals surface area contributed by atoms with Gasteiger partial charge in [0, 0.05) is 25.5 Å². The predicted octanol–water partition coefficient (Wildman–Crippen LogP) is 5.87. The van der Waals surface area contributed by atoms with E-state index in [9.17, 15) is 4.79 Å². The van der Waals surface area contributed by atoms with Crippen LogP contribution in [0.15, 0.2) is 47.8 Å². The van der Waals surface area contributed by atoms with E-state index in [1.807, 2.05) is 0 Å². The van der Waals surface area contributed by atoms with Crippen molar-refractivity contribution in [2.75, 3.05) is 25.2 Å². The first-order valence-electron chi connectivity index (χ1n) is 12.7. The summed E-state index contributed by atoms with van der Waals surface area (Å²) in [5.41, 5.74) is 1.10. The maximum Gasteiger partial charge on any atom is 0.265 e. The molecule has 11 heteroatoms. The van der Waals surface area contributed by atoms with Crippen LogP contribution in [0.25, 0.3) is 16.6 Å². The first kappa shape index (κ1) is 28.4. The second-order valence-corrected chi connectivity index (χ2v) is 15.9. The Labute approximate surface area is 227 Å². The summed E-state index contributed by atoms with van der Waals surface area (Å²) >= 11 is 0. The molecule has 0 aliphatic carbocycles. The summed E-state index contributed by atoms with van der Waals surface area (Å²) in [5, 5.41) is 4.40. The molecule has 208 valence electrons. The van der Waals surface area contributed by atoms with Crippen molar-refractivity contribution in [3.8, 4) is 11.4 Å². The third-order valence-electron chi connectivity index (χ3n) is 7.42. The third-order valence-corrected chi connectivity index (χ3v) is 12.0. The summed E-state index contributed by atoms with van der Waals surface area (Å²) in [5.74, 6) is -1.60. The molecule has 0 N–H and O–H groups in total. The van der Waals surface area contributed by atoms with Gasteiger partial charge >= 0.3 is 0 Å². The normalized spacial score (nSPS) is 12.3. The van der Waals surface area contributed by atoms with Crippen molar-refractivity contribution in [3.05, 3.63) is 70.5 Å². The zero-order chi connectivity index (χ0) is 28.7. The molecule has 2 heterocycles. The van der Waals surface area contributed by atoms with E-state index in [1.54, 1.807) is 49.2 Å². The molecule has 4 aromatic rings. The molecule has 2 aromatic carbocycles. The van der Waals surface area contributed by atoms with Crippen molar-refractivity contribution < 1.29 is 17.9 Å². The molecule has 0 aliphatic heterocycles. The highest BCUT2D eigenvalue weighted by Gasteiger charge is 2.37. The molecular formula is C28H35F2N5O3Si. The van der Waals surface area contributed by atoms with Crippen LogP contribution in [0, 0.1) is 18.6 Å². The van der Waals surface area contributed by atoms with E-state index in [-0.39, 0.29) is 40.7 Å². The van der Waals surface area contributed by atoms with Gasteiger partial charge in [0.1, 0.15) is 12.0 Å². The third kappa shape index (κ3) is 5.46. The van der Waals surface area contributed by atoms with Crippen molar-refractivity contribution in [2.45, 2.75) is 45.8 Å². The summed E-state index contributed by atoms with van der Waals surface area (Å²) in [7, 11) is 0.959. The molecule has 0 saturated heterocycles. The zero-order valence-corrected chi connectivity index (χ0v) is 24.7. The van der Waals surface area contributed by atoms with Crippen LogP contribution in [0.1, 0.15) is 26.3 Å². The molecule has 0 radical (unpaired) electrons. The number of fused-ring (bicyclic) bond motifs is 1. The molecule has 39 heavy (non-hydrogen) atoms. The van der Waals surface area contributed by atoms with Gasteiger partial charge in [0.05, 0.1) is 36.5 Å². The van der Waals surface area contributed by atoms with Crippen LogP contribution in [0.4, 0.5) is 20.2 Å². The summed E-state index contributed by atoms with van der Waals surface area (Å²) in [6.07, 6.45) is 4.71. The van der Waals surface area contributed by atoms with Crippen molar-refractivity contribution >= 4 is 30.6 Å². The average Bonchev–Trinajstić information content (AvgIpc) is 3.30. The Hall–Kier alpha value is -3.57. The highest BCUT2D eigenvalue weighted by molar-refractivity contribution is 6.74. The van der Waals surface area contributed by atoms with Gasteiger partial charge in [-0.3, -0.25) is 14.0 Å². The molecule has 2 aromatic heterocycles. The highest BCUT2D eigenvalue weighted by atomic mass is 28.4. The molecule has 0 bridgehead atoms. The van der Waals surface area contributed by atoms with Crippen molar-refractivity contribution in [3.63, 3.8) is 0 Å². The van der Waals surface area contributed by atoms with E-state index >= 15 is 8.78 Å². The van der Waals surface area contributed by atoms with E-state index in [2.05, 4.69) is 43.9 Å². The Balaban J connectivity index is 1.85. The lowest BCUT2D eigenvalue weighted by Gasteiger charge is -2.37. The Kier molecular flexibility index (Phi) is 7.68. The average molecular weight is 556 g/mol. The maximum atomic E-state index is 15.7. The van der Waals surface area contributed by atoms with Gasteiger partial charge in [0.15, 0.2) is 25.7 Å². The number of anilines is 2. The number of benzene rings is 2. The lowest BCUT2D eigenvalue weighted by Crippen LogP contribution is -2.42. The topological polar surface area (TPSA) is 74.4 Å². The minimum Gasteiger partial charge on any atom is -0.494 e. The molecule has 0 aliphatic rings. The van der Waals surface area contributed by atoms with Crippen LogP contribution in [-0.4, -0.2) is 47.9 Å². The van der Waals surface area contributed by atoms with E-state index in [0.717, 1.165) is 0 Å². The van der Waals surface area contributed by atoms with Crippen LogP contribution in [0.3, 0.4) is 0 Å². The summed E-state index contributed by atoms with van der Waals surface area (Å²) in [6.45, 7) is 12.6. The first-order chi connectivity index (χ1) is 18.2. The first-order valence-corrected chi connectivity index (χ1v) is 15.6. The smallest absolute Gasteiger partial charge is 0.265 e. The fourth-order valence-corrected chi connectivity index (χ4v) is 5.12. The summed E-state index contributed by atoms with van der Waals surface area (Å²) in [6, 6.07) is 6.31. The molecule has 0 unspecified atom stereocenters. The summed E-state index contributed by atoms with van der Waals surface area (Å²) in [4.78, 5) is 19.4. The van der Waals surface area contributed by atoms with Gasteiger partial charge in [-0.25, -0.2) is 13.8 Å². The number of rotatable bonds is 8. The van der Waals surface area contributed by atoms with Crippen LogP contribution in [0.5, 0.6) is 5.75 Å². The van der Waals surface area contributed by atoms with Gasteiger partial charge in [0.2, 0.25) is 0 Å². The molecule has 0 fully saturated rings. The standard InChI is InChI=1S/C28H35F2N5O3Si/c1-18-13-23(37-6)25(30)26(24(18)29)34(11-12-38-39(7,8)28(2,3)4)19-9-10-22-21(14-19)27(36)35(17-31-22)20-15-32-33(5)16-20/h9-10,13-17H,11-12H2,1-8H3. The lowest BCUT2D eigenvalue weighted by atomic mass is 10.1. The van der Waals surface area contributed by atoms with Gasteiger partial charge in [-0.15, -0.1) is 0 Å².